The summed E-state index contributed by atoms with van der Waals surface area (Å²) in [6.07, 6.45) is 3.65. The average Bonchev–Trinajstić information content (AvgIpc) is 2.71. The van der Waals surface area contributed by atoms with E-state index in [0.717, 1.165) is 17.1 Å². The highest BCUT2D eigenvalue weighted by atomic mass is 16.5. The Morgan fingerprint density at radius 2 is 2.25 bits per heavy atom. The van der Waals surface area contributed by atoms with E-state index in [1.54, 1.807) is 19.5 Å². The summed E-state index contributed by atoms with van der Waals surface area (Å²) in [6, 6.07) is 3.66. The van der Waals surface area contributed by atoms with Crippen LogP contribution >= 0.6 is 0 Å². The van der Waals surface area contributed by atoms with Crippen LogP contribution in [0.2, 0.25) is 0 Å². The molecular formula is C11H12N2O3. The molecular weight excluding hydrogens is 208 g/mol. The highest BCUT2D eigenvalue weighted by Crippen LogP contribution is 2.14. The second-order valence-corrected chi connectivity index (χ2v) is 3.30. The van der Waals surface area contributed by atoms with Crippen molar-refractivity contribution in [2.24, 2.45) is 0 Å². The number of esters is 1. The van der Waals surface area contributed by atoms with Crippen LogP contribution in [0.25, 0.3) is 5.65 Å². The fraction of sp³-hybridized carbons (Fsp3) is 0.273. The van der Waals surface area contributed by atoms with Gasteiger partial charge in [0.15, 0.2) is 0 Å². The largest absolute Gasteiger partial charge is 0.495 e. The molecule has 2 aromatic heterocycles. The summed E-state index contributed by atoms with van der Waals surface area (Å²) in [5.74, 6) is 0.432. The van der Waals surface area contributed by atoms with Crippen molar-refractivity contribution in [3.8, 4) is 5.75 Å². The molecule has 0 N–H and O–H groups in total. The second-order valence-electron chi connectivity index (χ2n) is 3.30. The first kappa shape index (κ1) is 10.5. The first-order valence-corrected chi connectivity index (χ1v) is 4.81. The van der Waals surface area contributed by atoms with Gasteiger partial charge in [-0.05, 0) is 12.1 Å². The third-order valence-corrected chi connectivity index (χ3v) is 2.34. The van der Waals surface area contributed by atoms with E-state index in [-0.39, 0.29) is 12.4 Å². The normalized spacial score (nSPS) is 10.4. The lowest BCUT2D eigenvalue weighted by molar-refractivity contribution is -0.139. The molecule has 0 aliphatic rings. The molecule has 84 valence electrons. The van der Waals surface area contributed by atoms with E-state index in [9.17, 15) is 4.79 Å². The van der Waals surface area contributed by atoms with Crippen LogP contribution in [0.3, 0.4) is 0 Å². The number of ether oxygens (including phenoxy) is 2. The van der Waals surface area contributed by atoms with Crippen molar-refractivity contribution >= 4 is 11.6 Å². The van der Waals surface area contributed by atoms with Crippen LogP contribution in [0, 0.1) is 0 Å². The van der Waals surface area contributed by atoms with Crippen molar-refractivity contribution < 1.29 is 14.3 Å². The maximum atomic E-state index is 11.2. The predicted octanol–water partition coefficient (Wildman–Crippen LogP) is 1.06. The van der Waals surface area contributed by atoms with Gasteiger partial charge in [0.25, 0.3) is 0 Å². The van der Waals surface area contributed by atoms with Gasteiger partial charge in [0.2, 0.25) is 0 Å². The lowest BCUT2D eigenvalue weighted by atomic mass is 10.3. The van der Waals surface area contributed by atoms with Crippen LogP contribution in [-0.2, 0) is 16.0 Å². The van der Waals surface area contributed by atoms with E-state index >= 15 is 0 Å². The molecule has 0 radical (unpaired) electrons. The number of methoxy groups -OCH3 is 2. The minimum absolute atomic E-state index is 0.199. The zero-order valence-electron chi connectivity index (χ0n) is 9.14. The zero-order chi connectivity index (χ0) is 11.5. The Kier molecular flexibility index (Phi) is 2.76. The van der Waals surface area contributed by atoms with Gasteiger partial charge in [-0.3, -0.25) is 9.20 Å². The Labute approximate surface area is 92.6 Å². The molecule has 0 aliphatic heterocycles. The Balaban J connectivity index is 2.41. The molecule has 0 atom stereocenters. The van der Waals surface area contributed by atoms with Gasteiger partial charge in [0.1, 0.15) is 11.4 Å². The standard InChI is InChI=1S/C11H12N2O3/c1-15-9-3-4-10-12-6-8(13(10)7-9)5-11(14)16-2/h3-4,6-7H,5H2,1-2H3. The van der Waals surface area contributed by atoms with Gasteiger partial charge in [-0.2, -0.15) is 0 Å². The van der Waals surface area contributed by atoms with Crippen LogP contribution in [0.1, 0.15) is 5.69 Å². The number of hydrogen-bond donors (Lipinski definition) is 0. The van der Waals surface area contributed by atoms with Crippen molar-refractivity contribution in [3.63, 3.8) is 0 Å². The molecule has 0 saturated heterocycles. The lowest BCUT2D eigenvalue weighted by Crippen LogP contribution is -2.06. The zero-order valence-corrected chi connectivity index (χ0v) is 9.14. The van der Waals surface area contributed by atoms with E-state index in [4.69, 9.17) is 4.74 Å². The minimum atomic E-state index is -0.287. The molecule has 16 heavy (non-hydrogen) atoms. The van der Waals surface area contributed by atoms with E-state index < -0.39 is 0 Å². The van der Waals surface area contributed by atoms with Gasteiger partial charge < -0.3 is 9.47 Å². The van der Waals surface area contributed by atoms with Crippen molar-refractivity contribution in [2.45, 2.75) is 6.42 Å². The van der Waals surface area contributed by atoms with Gasteiger partial charge in [-0.1, -0.05) is 0 Å². The van der Waals surface area contributed by atoms with Gasteiger partial charge in [-0.15, -0.1) is 0 Å². The Bertz CT molecular complexity index is 519. The topological polar surface area (TPSA) is 52.8 Å². The molecule has 0 bridgehead atoms. The number of nitrogens with zero attached hydrogens (tertiary/aromatic N) is 2. The van der Waals surface area contributed by atoms with Crippen LogP contribution in [0.5, 0.6) is 5.75 Å². The fourth-order valence-electron chi connectivity index (χ4n) is 1.48. The lowest BCUT2D eigenvalue weighted by Gasteiger charge is -2.03. The quantitative estimate of drug-likeness (QED) is 0.726. The number of rotatable bonds is 3. The number of pyridine rings is 1. The molecule has 2 rings (SSSR count). The minimum Gasteiger partial charge on any atom is -0.495 e. The van der Waals surface area contributed by atoms with Gasteiger partial charge in [0.05, 0.1) is 32.5 Å². The average molecular weight is 220 g/mol. The van der Waals surface area contributed by atoms with Crippen molar-refractivity contribution in [3.05, 3.63) is 30.2 Å². The SMILES string of the molecule is COC(=O)Cc1cnc2ccc(OC)cn12. The summed E-state index contributed by atoms with van der Waals surface area (Å²) in [5, 5.41) is 0. The molecule has 0 saturated carbocycles. The molecule has 0 spiro atoms. The number of carbonyl (C=O) groups is 1. The van der Waals surface area contributed by atoms with Crippen LogP contribution < -0.4 is 4.74 Å². The van der Waals surface area contributed by atoms with Crippen molar-refractivity contribution in [1.82, 2.24) is 9.38 Å². The van der Waals surface area contributed by atoms with E-state index in [1.165, 1.54) is 7.11 Å². The van der Waals surface area contributed by atoms with Crippen molar-refractivity contribution in [2.75, 3.05) is 14.2 Å². The summed E-state index contributed by atoms with van der Waals surface area (Å²) >= 11 is 0. The molecule has 0 aromatic carbocycles. The molecule has 0 aliphatic carbocycles. The summed E-state index contributed by atoms with van der Waals surface area (Å²) < 4.78 is 11.5. The van der Waals surface area contributed by atoms with Gasteiger partial charge >= 0.3 is 5.97 Å². The molecule has 5 heteroatoms. The van der Waals surface area contributed by atoms with E-state index in [0.29, 0.717) is 0 Å². The molecule has 2 aromatic rings. The maximum Gasteiger partial charge on any atom is 0.311 e. The van der Waals surface area contributed by atoms with Gasteiger partial charge in [-0.25, -0.2) is 4.98 Å². The molecule has 0 amide bonds. The summed E-state index contributed by atoms with van der Waals surface area (Å²) in [4.78, 5) is 15.4. The first-order valence-electron chi connectivity index (χ1n) is 4.81. The number of fused-ring (bicyclic) bond motifs is 1. The van der Waals surface area contributed by atoms with Gasteiger partial charge in [0, 0.05) is 6.20 Å². The number of imidazole rings is 1. The van der Waals surface area contributed by atoms with Crippen LogP contribution in [-0.4, -0.2) is 29.6 Å². The number of hydrogen-bond acceptors (Lipinski definition) is 4. The summed E-state index contributed by atoms with van der Waals surface area (Å²) in [7, 11) is 2.96. The highest BCUT2D eigenvalue weighted by molar-refractivity contribution is 5.72. The summed E-state index contributed by atoms with van der Waals surface area (Å²) in [5.41, 5.74) is 1.56. The Hall–Kier alpha value is -2.04. The number of carbonyl (C=O) groups excluding carboxylic acids is 1. The first-order chi connectivity index (χ1) is 7.74. The van der Waals surface area contributed by atoms with E-state index in [1.807, 2.05) is 16.5 Å². The smallest absolute Gasteiger partial charge is 0.311 e. The molecule has 5 nitrogen and oxygen atoms in total. The molecule has 2 heterocycles. The Morgan fingerprint density at radius 3 is 2.94 bits per heavy atom. The van der Waals surface area contributed by atoms with Crippen molar-refractivity contribution in [1.29, 1.82) is 0 Å². The fourth-order valence-corrected chi connectivity index (χ4v) is 1.48. The summed E-state index contributed by atoms with van der Waals surface area (Å²) in [6.45, 7) is 0. The Morgan fingerprint density at radius 1 is 1.44 bits per heavy atom. The van der Waals surface area contributed by atoms with Crippen LogP contribution in [0.4, 0.5) is 0 Å². The van der Waals surface area contributed by atoms with E-state index in [2.05, 4.69) is 9.72 Å². The molecule has 0 unspecified atom stereocenters. The number of aromatic nitrogens is 2. The maximum absolute atomic E-state index is 11.2. The third kappa shape index (κ3) is 1.84. The molecule has 0 fully saturated rings. The second kappa shape index (κ2) is 4.22. The highest BCUT2D eigenvalue weighted by Gasteiger charge is 2.09. The third-order valence-electron chi connectivity index (χ3n) is 2.34. The monoisotopic (exact) mass is 220 g/mol. The predicted molar refractivity (Wildman–Crippen MR) is 57.5 cm³/mol. The van der Waals surface area contributed by atoms with Crippen LogP contribution in [0.15, 0.2) is 24.5 Å².